The van der Waals surface area contributed by atoms with E-state index in [4.69, 9.17) is 17.0 Å². The Hall–Kier alpha value is -1.89. The first-order chi connectivity index (χ1) is 8.76. The predicted molar refractivity (Wildman–Crippen MR) is 75.1 cm³/mol. The maximum atomic E-state index is 12.7. The molecule has 3 N–H and O–H groups in total. The zero-order valence-electron chi connectivity index (χ0n) is 10.9. The Morgan fingerprint density at radius 3 is 2.32 bits per heavy atom. The van der Waals surface area contributed by atoms with Crippen molar-refractivity contribution in [1.29, 1.82) is 0 Å². The van der Waals surface area contributed by atoms with Crippen LogP contribution in [0.5, 0.6) is 0 Å². The molecule has 19 heavy (non-hydrogen) atoms. The van der Waals surface area contributed by atoms with Gasteiger partial charge in [0.1, 0.15) is 11.4 Å². The fourth-order valence-corrected chi connectivity index (χ4v) is 1.28. The first-order valence-corrected chi connectivity index (χ1v) is 5.99. The Kier molecular flexibility index (Phi) is 5.05. The van der Waals surface area contributed by atoms with E-state index in [-0.39, 0.29) is 10.9 Å². The average molecular weight is 285 g/mol. The van der Waals surface area contributed by atoms with Crippen LogP contribution in [0, 0.1) is 5.82 Å². The molecule has 0 aromatic heterocycles. The lowest BCUT2D eigenvalue weighted by atomic mass is 10.2. The Labute approximate surface area is 116 Å². The highest BCUT2D eigenvalue weighted by atomic mass is 32.1. The molecule has 0 fully saturated rings. The molecule has 0 saturated carbocycles. The van der Waals surface area contributed by atoms with Gasteiger partial charge in [-0.05, 0) is 57.3 Å². The number of ether oxygens (including phenoxy) is 1. The highest BCUT2D eigenvalue weighted by molar-refractivity contribution is 7.80. The number of anilines is 1. The molecule has 0 bridgehead atoms. The fourth-order valence-electron chi connectivity index (χ4n) is 1.11. The number of thiocarbonyl (C=S) groups is 1. The number of nitrogens with one attached hydrogen (secondary N) is 3. The largest absolute Gasteiger partial charge is 0.443 e. The van der Waals surface area contributed by atoms with Gasteiger partial charge >= 0.3 is 6.09 Å². The van der Waals surface area contributed by atoms with Gasteiger partial charge in [0, 0.05) is 5.69 Å². The summed E-state index contributed by atoms with van der Waals surface area (Å²) in [5.74, 6) is -0.337. The Bertz CT molecular complexity index is 457. The van der Waals surface area contributed by atoms with Crippen LogP contribution in [0.2, 0.25) is 0 Å². The quantitative estimate of drug-likeness (QED) is 0.547. The molecule has 104 valence electrons. The standard InChI is InChI=1S/C12H16FN3O2S/c1-12(2,3)18-11(17)16-15-10(19)14-9-6-4-8(13)5-7-9/h4-7H,1-3H3,(H,16,17)(H2,14,15,19). The number of hydrogen-bond donors (Lipinski definition) is 3. The molecule has 0 radical (unpaired) electrons. The van der Waals surface area contributed by atoms with Crippen LogP contribution in [0.4, 0.5) is 14.9 Å². The van der Waals surface area contributed by atoms with Gasteiger partial charge in [0.05, 0.1) is 0 Å². The van der Waals surface area contributed by atoms with Gasteiger partial charge in [0.2, 0.25) is 0 Å². The Morgan fingerprint density at radius 2 is 1.79 bits per heavy atom. The molecule has 0 spiro atoms. The van der Waals surface area contributed by atoms with Crippen LogP contribution in [0.25, 0.3) is 0 Å². The highest BCUT2D eigenvalue weighted by Gasteiger charge is 2.15. The zero-order valence-corrected chi connectivity index (χ0v) is 11.7. The van der Waals surface area contributed by atoms with Crippen molar-refractivity contribution in [3.05, 3.63) is 30.1 Å². The fraction of sp³-hybridized carbons (Fsp3) is 0.333. The molecule has 1 rings (SSSR count). The van der Waals surface area contributed by atoms with Crippen LogP contribution in [0.3, 0.4) is 0 Å². The lowest BCUT2D eigenvalue weighted by Gasteiger charge is -2.20. The molecule has 1 aromatic rings. The number of halogens is 1. The van der Waals surface area contributed by atoms with Gasteiger partial charge in [0.15, 0.2) is 5.11 Å². The van der Waals surface area contributed by atoms with Crippen LogP contribution >= 0.6 is 12.2 Å². The summed E-state index contributed by atoms with van der Waals surface area (Å²) in [6.07, 6.45) is -0.643. The highest BCUT2D eigenvalue weighted by Crippen LogP contribution is 2.08. The second-order valence-corrected chi connectivity index (χ2v) is 5.12. The maximum absolute atomic E-state index is 12.7. The van der Waals surface area contributed by atoms with Gasteiger partial charge in [-0.25, -0.2) is 14.6 Å². The summed E-state index contributed by atoms with van der Waals surface area (Å²) in [5, 5.41) is 2.94. The number of rotatable bonds is 1. The van der Waals surface area contributed by atoms with Crippen LogP contribution in [0.15, 0.2) is 24.3 Å². The van der Waals surface area contributed by atoms with E-state index in [2.05, 4.69) is 16.2 Å². The van der Waals surface area contributed by atoms with Crippen molar-refractivity contribution in [1.82, 2.24) is 10.9 Å². The third-order valence-electron chi connectivity index (χ3n) is 1.78. The van der Waals surface area contributed by atoms with Crippen molar-refractivity contribution < 1.29 is 13.9 Å². The summed E-state index contributed by atoms with van der Waals surface area (Å²) in [6.45, 7) is 5.25. The summed E-state index contributed by atoms with van der Waals surface area (Å²) in [5.41, 5.74) is 4.77. The molecule has 0 unspecified atom stereocenters. The van der Waals surface area contributed by atoms with E-state index in [0.29, 0.717) is 5.69 Å². The molecule has 5 nitrogen and oxygen atoms in total. The summed E-state index contributed by atoms with van der Waals surface area (Å²) >= 11 is 4.94. The molecule has 1 aromatic carbocycles. The first kappa shape index (κ1) is 15.2. The minimum atomic E-state index is -0.643. The Balaban J connectivity index is 2.36. The summed E-state index contributed by atoms with van der Waals surface area (Å²) in [6, 6.07) is 5.64. The number of hydrazine groups is 1. The average Bonchev–Trinajstić information content (AvgIpc) is 2.27. The lowest BCUT2D eigenvalue weighted by molar-refractivity contribution is 0.0513. The first-order valence-electron chi connectivity index (χ1n) is 5.58. The topological polar surface area (TPSA) is 62.4 Å². The number of amides is 1. The van der Waals surface area contributed by atoms with Crippen molar-refractivity contribution in [2.24, 2.45) is 0 Å². The third-order valence-corrected chi connectivity index (χ3v) is 1.98. The normalized spacial score (nSPS) is 10.5. The number of hydrogen-bond acceptors (Lipinski definition) is 3. The minimum Gasteiger partial charge on any atom is -0.443 e. The summed E-state index contributed by atoms with van der Waals surface area (Å²) in [4.78, 5) is 11.3. The van der Waals surface area contributed by atoms with Crippen molar-refractivity contribution in [2.45, 2.75) is 26.4 Å². The van der Waals surface area contributed by atoms with E-state index >= 15 is 0 Å². The number of carbonyl (C=O) groups is 1. The van der Waals surface area contributed by atoms with Gasteiger partial charge in [0.25, 0.3) is 0 Å². The smallest absolute Gasteiger partial charge is 0.426 e. The number of carbonyl (C=O) groups excluding carboxylic acids is 1. The van der Waals surface area contributed by atoms with E-state index in [1.165, 1.54) is 24.3 Å². The Morgan fingerprint density at radius 1 is 1.21 bits per heavy atom. The van der Waals surface area contributed by atoms with Crippen LogP contribution in [-0.4, -0.2) is 16.8 Å². The SMILES string of the molecule is CC(C)(C)OC(=O)NNC(=S)Nc1ccc(F)cc1. The molecule has 0 saturated heterocycles. The van der Waals surface area contributed by atoms with E-state index in [1.54, 1.807) is 20.8 Å². The molecule has 1 amide bonds. The lowest BCUT2D eigenvalue weighted by Crippen LogP contribution is -2.45. The van der Waals surface area contributed by atoms with Gasteiger partial charge in [-0.3, -0.25) is 5.43 Å². The maximum Gasteiger partial charge on any atom is 0.426 e. The van der Waals surface area contributed by atoms with E-state index in [0.717, 1.165) is 0 Å². The monoisotopic (exact) mass is 285 g/mol. The molecule has 0 aliphatic carbocycles. The van der Waals surface area contributed by atoms with Crippen LogP contribution < -0.4 is 16.2 Å². The van der Waals surface area contributed by atoms with Gasteiger partial charge in [-0.15, -0.1) is 0 Å². The third kappa shape index (κ3) is 6.56. The van der Waals surface area contributed by atoms with E-state index in [9.17, 15) is 9.18 Å². The van der Waals surface area contributed by atoms with Gasteiger partial charge < -0.3 is 10.1 Å². The molecular formula is C12H16FN3O2S. The van der Waals surface area contributed by atoms with Gasteiger partial charge in [-0.1, -0.05) is 0 Å². The van der Waals surface area contributed by atoms with Crippen LogP contribution in [0.1, 0.15) is 20.8 Å². The number of benzene rings is 1. The van der Waals surface area contributed by atoms with Crippen molar-refractivity contribution in [3.63, 3.8) is 0 Å². The molecule has 0 aliphatic heterocycles. The molecule has 0 aliphatic rings. The minimum absolute atomic E-state index is 0.164. The predicted octanol–water partition coefficient (Wildman–Crippen LogP) is 2.55. The van der Waals surface area contributed by atoms with E-state index in [1.807, 2.05) is 0 Å². The molecule has 7 heteroatoms. The summed E-state index contributed by atoms with van der Waals surface area (Å²) < 4.78 is 17.7. The molecular weight excluding hydrogens is 269 g/mol. The second-order valence-electron chi connectivity index (χ2n) is 4.71. The zero-order chi connectivity index (χ0) is 14.5. The van der Waals surface area contributed by atoms with Crippen LogP contribution in [-0.2, 0) is 4.74 Å². The van der Waals surface area contributed by atoms with E-state index < -0.39 is 11.7 Å². The second kappa shape index (κ2) is 6.33. The van der Waals surface area contributed by atoms with Crippen molar-refractivity contribution in [3.8, 4) is 0 Å². The van der Waals surface area contributed by atoms with Crippen molar-refractivity contribution >= 4 is 29.1 Å². The van der Waals surface area contributed by atoms with Crippen molar-refractivity contribution in [2.75, 3.05) is 5.32 Å². The molecule has 0 atom stereocenters. The molecule has 0 heterocycles. The van der Waals surface area contributed by atoms with Gasteiger partial charge in [-0.2, -0.15) is 0 Å². The summed E-state index contributed by atoms with van der Waals surface area (Å²) in [7, 11) is 0.